The van der Waals surface area contributed by atoms with E-state index in [1.807, 2.05) is 62.4 Å². The van der Waals surface area contributed by atoms with Gasteiger partial charge >= 0.3 is 0 Å². The first kappa shape index (κ1) is 18.4. The summed E-state index contributed by atoms with van der Waals surface area (Å²) in [5.74, 6) is 0.793. The first-order valence-electron chi connectivity index (χ1n) is 8.60. The second kappa shape index (κ2) is 7.48. The van der Waals surface area contributed by atoms with Gasteiger partial charge in [-0.3, -0.25) is 0 Å². The standard InChI is InChI=1S/C21H23NO3S/c1-4-20(18-10-12-21(25-3)15(2)13-18)22-26(23,24)19-11-9-16-7-5-6-8-17(16)14-19/h5-14,20,22H,4H2,1-3H3. The zero-order chi connectivity index (χ0) is 18.7. The van der Waals surface area contributed by atoms with Gasteiger partial charge in [0.15, 0.2) is 0 Å². The van der Waals surface area contributed by atoms with Gasteiger partial charge in [0, 0.05) is 6.04 Å². The lowest BCUT2D eigenvalue weighted by molar-refractivity contribution is 0.411. The summed E-state index contributed by atoms with van der Waals surface area (Å²) in [6.07, 6.45) is 0.651. The molecule has 0 saturated carbocycles. The zero-order valence-electron chi connectivity index (χ0n) is 15.2. The van der Waals surface area contributed by atoms with Crippen molar-refractivity contribution in [3.8, 4) is 5.75 Å². The molecule has 136 valence electrons. The lowest BCUT2D eigenvalue weighted by atomic mass is 10.0. The van der Waals surface area contributed by atoms with Crippen LogP contribution in [0, 0.1) is 6.92 Å². The van der Waals surface area contributed by atoms with Gasteiger partial charge in [-0.15, -0.1) is 0 Å². The van der Waals surface area contributed by atoms with Gasteiger partial charge in [0.1, 0.15) is 5.75 Å². The highest BCUT2D eigenvalue weighted by molar-refractivity contribution is 7.89. The van der Waals surface area contributed by atoms with Gasteiger partial charge < -0.3 is 4.74 Å². The molecule has 0 spiro atoms. The third-order valence-electron chi connectivity index (χ3n) is 4.56. The number of methoxy groups -OCH3 is 1. The Bertz CT molecular complexity index is 1030. The number of fused-ring (bicyclic) bond motifs is 1. The molecule has 0 aliphatic rings. The fourth-order valence-corrected chi connectivity index (χ4v) is 4.44. The van der Waals surface area contributed by atoms with Crippen molar-refractivity contribution >= 4 is 20.8 Å². The quantitative estimate of drug-likeness (QED) is 0.691. The molecule has 0 radical (unpaired) electrons. The normalized spacial score (nSPS) is 12.9. The van der Waals surface area contributed by atoms with Crippen molar-refractivity contribution < 1.29 is 13.2 Å². The smallest absolute Gasteiger partial charge is 0.241 e. The molecule has 0 aliphatic heterocycles. The summed E-state index contributed by atoms with van der Waals surface area (Å²) >= 11 is 0. The molecule has 5 heteroatoms. The average Bonchev–Trinajstić information content (AvgIpc) is 2.65. The Morgan fingerprint density at radius 1 is 1.00 bits per heavy atom. The summed E-state index contributed by atoms with van der Waals surface area (Å²) in [4.78, 5) is 0.278. The van der Waals surface area contributed by atoms with Crippen LogP contribution in [0.4, 0.5) is 0 Å². The lowest BCUT2D eigenvalue weighted by Crippen LogP contribution is -2.28. The fourth-order valence-electron chi connectivity index (χ4n) is 3.10. The number of sulfonamides is 1. The molecule has 26 heavy (non-hydrogen) atoms. The van der Waals surface area contributed by atoms with Crippen molar-refractivity contribution in [2.24, 2.45) is 0 Å². The summed E-state index contributed by atoms with van der Waals surface area (Å²) in [6.45, 7) is 3.92. The third-order valence-corrected chi connectivity index (χ3v) is 6.03. The minimum absolute atomic E-state index is 0.278. The second-order valence-electron chi connectivity index (χ2n) is 6.32. The molecule has 1 atom stereocenters. The Kier molecular flexibility index (Phi) is 5.30. The van der Waals surface area contributed by atoms with Gasteiger partial charge in [-0.1, -0.05) is 49.4 Å². The first-order chi connectivity index (χ1) is 12.4. The van der Waals surface area contributed by atoms with E-state index in [0.29, 0.717) is 6.42 Å². The number of hydrogen-bond acceptors (Lipinski definition) is 3. The number of aryl methyl sites for hydroxylation is 1. The van der Waals surface area contributed by atoms with E-state index in [1.54, 1.807) is 19.2 Å². The van der Waals surface area contributed by atoms with Crippen LogP contribution >= 0.6 is 0 Å². The van der Waals surface area contributed by atoms with Crippen LogP contribution in [0.1, 0.15) is 30.5 Å². The highest BCUT2D eigenvalue weighted by Crippen LogP contribution is 2.26. The van der Waals surface area contributed by atoms with E-state index in [4.69, 9.17) is 4.74 Å². The molecule has 1 N–H and O–H groups in total. The maximum Gasteiger partial charge on any atom is 0.241 e. The summed E-state index contributed by atoms with van der Waals surface area (Å²) in [7, 11) is -1.99. The van der Waals surface area contributed by atoms with Gasteiger partial charge in [-0.2, -0.15) is 0 Å². The molecule has 0 amide bonds. The van der Waals surface area contributed by atoms with Crippen LogP contribution in [-0.4, -0.2) is 15.5 Å². The monoisotopic (exact) mass is 369 g/mol. The van der Waals surface area contributed by atoms with E-state index < -0.39 is 10.0 Å². The van der Waals surface area contributed by atoms with Crippen LogP contribution in [0.2, 0.25) is 0 Å². The predicted molar refractivity (Wildman–Crippen MR) is 105 cm³/mol. The molecular formula is C21H23NO3S. The Morgan fingerprint density at radius 3 is 2.38 bits per heavy atom. The van der Waals surface area contributed by atoms with Crippen LogP contribution in [0.5, 0.6) is 5.75 Å². The summed E-state index contributed by atoms with van der Waals surface area (Å²) < 4.78 is 33.9. The molecule has 3 aromatic carbocycles. The van der Waals surface area contributed by atoms with Gasteiger partial charge in [-0.25, -0.2) is 13.1 Å². The van der Waals surface area contributed by atoms with Gasteiger partial charge in [0.2, 0.25) is 10.0 Å². The SMILES string of the molecule is CCC(NS(=O)(=O)c1ccc2ccccc2c1)c1ccc(OC)c(C)c1. The van der Waals surface area contributed by atoms with E-state index in [2.05, 4.69) is 4.72 Å². The number of benzene rings is 3. The highest BCUT2D eigenvalue weighted by Gasteiger charge is 2.21. The number of nitrogens with one attached hydrogen (secondary N) is 1. The van der Waals surface area contributed by atoms with Crippen molar-refractivity contribution in [2.75, 3.05) is 7.11 Å². The summed E-state index contributed by atoms with van der Waals surface area (Å²) in [5.41, 5.74) is 1.91. The first-order valence-corrected chi connectivity index (χ1v) is 10.1. The lowest BCUT2D eigenvalue weighted by Gasteiger charge is -2.19. The van der Waals surface area contributed by atoms with Crippen molar-refractivity contribution in [2.45, 2.75) is 31.2 Å². The number of hydrogen-bond donors (Lipinski definition) is 1. The minimum Gasteiger partial charge on any atom is -0.496 e. The van der Waals surface area contributed by atoms with E-state index in [-0.39, 0.29) is 10.9 Å². The molecule has 0 aromatic heterocycles. The average molecular weight is 369 g/mol. The van der Waals surface area contributed by atoms with Crippen LogP contribution in [-0.2, 0) is 10.0 Å². The Labute approximate surface area is 154 Å². The Hall–Kier alpha value is -2.37. The molecule has 1 unspecified atom stereocenters. The minimum atomic E-state index is -3.62. The largest absolute Gasteiger partial charge is 0.496 e. The van der Waals surface area contributed by atoms with Gasteiger partial charge in [0.05, 0.1) is 12.0 Å². The van der Waals surface area contributed by atoms with E-state index in [0.717, 1.165) is 27.6 Å². The maximum atomic E-state index is 12.9. The molecule has 3 aromatic rings. The van der Waals surface area contributed by atoms with Crippen molar-refractivity contribution in [1.82, 2.24) is 4.72 Å². The van der Waals surface area contributed by atoms with Crippen molar-refractivity contribution in [3.05, 3.63) is 71.8 Å². The van der Waals surface area contributed by atoms with Crippen molar-refractivity contribution in [3.63, 3.8) is 0 Å². The van der Waals surface area contributed by atoms with Gasteiger partial charge in [0.25, 0.3) is 0 Å². The molecule has 0 heterocycles. The zero-order valence-corrected chi connectivity index (χ0v) is 16.0. The molecule has 0 bridgehead atoms. The molecular weight excluding hydrogens is 346 g/mol. The van der Waals surface area contributed by atoms with E-state index >= 15 is 0 Å². The van der Waals surface area contributed by atoms with E-state index in [1.165, 1.54) is 0 Å². The summed E-state index contributed by atoms with van der Waals surface area (Å²) in [6, 6.07) is 18.4. The van der Waals surface area contributed by atoms with Crippen molar-refractivity contribution in [1.29, 1.82) is 0 Å². The van der Waals surface area contributed by atoms with Gasteiger partial charge in [-0.05, 0) is 53.4 Å². The number of rotatable bonds is 6. The topological polar surface area (TPSA) is 55.4 Å². The predicted octanol–water partition coefficient (Wildman–Crippen LogP) is 4.59. The molecule has 4 nitrogen and oxygen atoms in total. The Balaban J connectivity index is 1.91. The molecule has 3 rings (SSSR count). The fraction of sp³-hybridized carbons (Fsp3) is 0.238. The highest BCUT2D eigenvalue weighted by atomic mass is 32.2. The Morgan fingerprint density at radius 2 is 1.73 bits per heavy atom. The maximum absolute atomic E-state index is 12.9. The number of ether oxygens (including phenoxy) is 1. The molecule has 0 aliphatic carbocycles. The third kappa shape index (κ3) is 3.74. The van der Waals surface area contributed by atoms with Crippen LogP contribution < -0.4 is 9.46 Å². The second-order valence-corrected chi connectivity index (χ2v) is 8.03. The van der Waals surface area contributed by atoms with Crippen LogP contribution in [0.3, 0.4) is 0 Å². The molecule has 0 fully saturated rings. The molecule has 0 saturated heterocycles. The summed E-state index contributed by atoms with van der Waals surface area (Å²) in [5, 5.41) is 1.92. The van der Waals surface area contributed by atoms with Crippen LogP contribution in [0.15, 0.2) is 65.6 Å². The van der Waals surface area contributed by atoms with Crippen LogP contribution in [0.25, 0.3) is 10.8 Å². The van der Waals surface area contributed by atoms with E-state index in [9.17, 15) is 8.42 Å².